The van der Waals surface area contributed by atoms with Crippen molar-refractivity contribution in [3.8, 4) is 11.5 Å². The van der Waals surface area contributed by atoms with Crippen LogP contribution in [0.2, 0.25) is 0 Å². The van der Waals surface area contributed by atoms with E-state index < -0.39 is 21.8 Å². The molecule has 0 bridgehead atoms. The summed E-state index contributed by atoms with van der Waals surface area (Å²) in [5.74, 6) is -0.00585. The minimum atomic E-state index is -3.32. The van der Waals surface area contributed by atoms with Crippen molar-refractivity contribution in [1.82, 2.24) is 4.90 Å². The number of rotatable bonds is 8. The summed E-state index contributed by atoms with van der Waals surface area (Å²) in [7, 11) is -0.328. The molecule has 1 heterocycles. The van der Waals surface area contributed by atoms with Gasteiger partial charge in [0.2, 0.25) is 5.91 Å². The Morgan fingerprint density at radius 2 is 1.77 bits per heavy atom. The van der Waals surface area contributed by atoms with E-state index in [4.69, 9.17) is 9.47 Å². The van der Waals surface area contributed by atoms with Crippen molar-refractivity contribution in [2.24, 2.45) is 0 Å². The largest absolute Gasteiger partial charge is 0.497 e. The molecule has 160 valence electrons. The van der Waals surface area contributed by atoms with E-state index in [9.17, 15) is 18.0 Å². The van der Waals surface area contributed by atoms with Crippen molar-refractivity contribution >= 4 is 27.3 Å². The maximum Gasteiger partial charge on any atom is 0.255 e. The minimum Gasteiger partial charge on any atom is -0.497 e. The molecule has 30 heavy (non-hydrogen) atoms. The number of hydrogen-bond acceptors (Lipinski definition) is 6. The molecule has 2 aromatic rings. The summed E-state index contributed by atoms with van der Waals surface area (Å²) < 4.78 is 33.9. The van der Waals surface area contributed by atoms with Gasteiger partial charge in [0, 0.05) is 42.3 Å². The van der Waals surface area contributed by atoms with Gasteiger partial charge in [-0.25, -0.2) is 8.42 Å². The standard InChI is InChI=1S/C21H24N2O6S/c1-28-16-10-15(11-17(12-16)29-2)22-20(24)19(8-9-30(3,26)27)23-13-14-6-4-5-7-18(14)21(23)25/h4-7,10-12,19H,8-9,13H2,1-3H3,(H,22,24)/t19-/m1/s1. The van der Waals surface area contributed by atoms with Crippen LogP contribution in [0.25, 0.3) is 0 Å². The first kappa shape index (κ1) is 21.6. The first-order valence-electron chi connectivity index (χ1n) is 9.32. The smallest absolute Gasteiger partial charge is 0.255 e. The summed E-state index contributed by atoms with van der Waals surface area (Å²) in [6.07, 6.45) is 1.10. The van der Waals surface area contributed by atoms with Crippen LogP contribution in [-0.4, -0.2) is 57.4 Å². The zero-order chi connectivity index (χ0) is 21.9. The molecule has 2 aromatic carbocycles. The second-order valence-electron chi connectivity index (χ2n) is 7.12. The van der Waals surface area contributed by atoms with Gasteiger partial charge in [-0.15, -0.1) is 0 Å². The molecule has 0 aliphatic carbocycles. The molecule has 1 atom stereocenters. The van der Waals surface area contributed by atoms with Gasteiger partial charge in [-0.05, 0) is 18.1 Å². The van der Waals surface area contributed by atoms with Crippen molar-refractivity contribution in [3.05, 3.63) is 53.6 Å². The van der Waals surface area contributed by atoms with Crippen LogP contribution < -0.4 is 14.8 Å². The molecular weight excluding hydrogens is 408 g/mol. The summed E-state index contributed by atoms with van der Waals surface area (Å²) in [6, 6.07) is 11.1. The van der Waals surface area contributed by atoms with E-state index in [0.29, 0.717) is 22.7 Å². The van der Waals surface area contributed by atoms with Gasteiger partial charge in [0.05, 0.1) is 20.0 Å². The van der Waals surface area contributed by atoms with Crippen molar-refractivity contribution in [1.29, 1.82) is 0 Å². The normalized spacial score (nSPS) is 14.2. The number of carbonyl (C=O) groups is 2. The second-order valence-corrected chi connectivity index (χ2v) is 9.37. The van der Waals surface area contributed by atoms with E-state index in [1.165, 1.54) is 19.1 Å². The number of amides is 2. The number of methoxy groups -OCH3 is 2. The summed E-state index contributed by atoms with van der Waals surface area (Å²) in [6.45, 7) is 0.248. The Hall–Kier alpha value is -3.07. The van der Waals surface area contributed by atoms with Gasteiger partial charge >= 0.3 is 0 Å². The third-order valence-corrected chi connectivity index (χ3v) is 5.89. The Bertz CT molecular complexity index is 1040. The lowest BCUT2D eigenvalue weighted by Crippen LogP contribution is -2.45. The van der Waals surface area contributed by atoms with Gasteiger partial charge in [-0.1, -0.05) is 18.2 Å². The molecule has 8 nitrogen and oxygen atoms in total. The van der Waals surface area contributed by atoms with Gasteiger partial charge in [-0.3, -0.25) is 9.59 Å². The molecule has 0 unspecified atom stereocenters. The van der Waals surface area contributed by atoms with Crippen molar-refractivity contribution in [2.75, 3.05) is 31.5 Å². The lowest BCUT2D eigenvalue weighted by atomic mass is 10.1. The zero-order valence-electron chi connectivity index (χ0n) is 17.0. The molecular formula is C21H24N2O6S. The first-order valence-corrected chi connectivity index (χ1v) is 11.4. The maximum atomic E-state index is 13.1. The molecule has 9 heteroatoms. The highest BCUT2D eigenvalue weighted by Crippen LogP contribution is 2.28. The van der Waals surface area contributed by atoms with Gasteiger partial charge in [-0.2, -0.15) is 0 Å². The van der Waals surface area contributed by atoms with Gasteiger partial charge in [0.1, 0.15) is 27.4 Å². The highest BCUT2D eigenvalue weighted by atomic mass is 32.2. The Labute approximate surface area is 175 Å². The number of benzene rings is 2. The highest BCUT2D eigenvalue weighted by molar-refractivity contribution is 7.90. The topological polar surface area (TPSA) is 102 Å². The second kappa shape index (κ2) is 8.74. The Morgan fingerprint density at radius 1 is 1.13 bits per heavy atom. The molecule has 1 aliphatic heterocycles. The molecule has 0 saturated heterocycles. The fourth-order valence-electron chi connectivity index (χ4n) is 3.39. The average Bonchev–Trinajstić information content (AvgIpc) is 3.03. The maximum absolute atomic E-state index is 13.1. The van der Waals surface area contributed by atoms with Crippen LogP contribution >= 0.6 is 0 Å². The summed E-state index contributed by atoms with van der Waals surface area (Å²) in [5, 5.41) is 2.76. The molecule has 1 aliphatic rings. The summed E-state index contributed by atoms with van der Waals surface area (Å²) in [5.41, 5.74) is 1.75. The van der Waals surface area contributed by atoms with E-state index in [2.05, 4.69) is 5.32 Å². The van der Waals surface area contributed by atoms with Crippen LogP contribution in [-0.2, 0) is 21.2 Å². The number of nitrogens with one attached hydrogen (secondary N) is 1. The molecule has 0 spiro atoms. The third kappa shape index (κ3) is 4.91. The highest BCUT2D eigenvalue weighted by Gasteiger charge is 2.36. The number of sulfone groups is 1. The van der Waals surface area contributed by atoms with Crippen molar-refractivity contribution in [3.63, 3.8) is 0 Å². The number of anilines is 1. The number of hydrogen-bond donors (Lipinski definition) is 1. The number of nitrogens with zero attached hydrogens (tertiary/aromatic N) is 1. The predicted molar refractivity (Wildman–Crippen MR) is 113 cm³/mol. The van der Waals surface area contributed by atoms with E-state index >= 15 is 0 Å². The summed E-state index contributed by atoms with van der Waals surface area (Å²) in [4.78, 5) is 27.4. The molecule has 0 aromatic heterocycles. The van der Waals surface area contributed by atoms with E-state index in [1.807, 2.05) is 12.1 Å². The molecule has 2 amide bonds. The quantitative estimate of drug-likeness (QED) is 0.685. The fourth-order valence-corrected chi connectivity index (χ4v) is 4.04. The van der Waals surface area contributed by atoms with Crippen LogP contribution in [0.3, 0.4) is 0 Å². The Morgan fingerprint density at radius 3 is 2.33 bits per heavy atom. The predicted octanol–water partition coefficient (Wildman–Crippen LogP) is 2.10. The fraction of sp³-hybridized carbons (Fsp3) is 0.333. The van der Waals surface area contributed by atoms with E-state index in [-0.39, 0.29) is 24.6 Å². The first-order chi connectivity index (χ1) is 14.2. The van der Waals surface area contributed by atoms with Gasteiger partial charge in [0.25, 0.3) is 5.91 Å². The lowest BCUT2D eigenvalue weighted by Gasteiger charge is -2.27. The van der Waals surface area contributed by atoms with Crippen LogP contribution in [0.4, 0.5) is 5.69 Å². The SMILES string of the molecule is COc1cc(NC(=O)[C@@H](CCS(C)(=O)=O)N2Cc3ccccc3C2=O)cc(OC)c1. The minimum absolute atomic E-state index is 0.00843. The van der Waals surface area contributed by atoms with Crippen LogP contribution in [0, 0.1) is 0 Å². The van der Waals surface area contributed by atoms with E-state index in [0.717, 1.165) is 11.8 Å². The monoisotopic (exact) mass is 432 g/mol. The van der Waals surface area contributed by atoms with Gasteiger partial charge in [0.15, 0.2) is 0 Å². The molecule has 1 N–H and O–H groups in total. The van der Waals surface area contributed by atoms with Crippen LogP contribution in [0.5, 0.6) is 11.5 Å². The zero-order valence-corrected chi connectivity index (χ0v) is 17.9. The average molecular weight is 432 g/mol. The number of ether oxygens (including phenoxy) is 2. The Kier molecular flexibility index (Phi) is 6.31. The van der Waals surface area contributed by atoms with Crippen LogP contribution in [0.15, 0.2) is 42.5 Å². The molecule has 3 rings (SSSR count). The summed E-state index contributed by atoms with van der Waals surface area (Å²) >= 11 is 0. The third-order valence-electron chi connectivity index (χ3n) is 4.91. The van der Waals surface area contributed by atoms with Crippen molar-refractivity contribution < 1.29 is 27.5 Å². The van der Waals surface area contributed by atoms with Gasteiger partial charge < -0.3 is 19.7 Å². The molecule has 0 fully saturated rings. The lowest BCUT2D eigenvalue weighted by molar-refractivity contribution is -0.120. The van der Waals surface area contributed by atoms with Crippen molar-refractivity contribution in [2.45, 2.75) is 19.0 Å². The molecule has 0 saturated carbocycles. The molecule has 0 radical (unpaired) electrons. The van der Waals surface area contributed by atoms with Crippen LogP contribution in [0.1, 0.15) is 22.3 Å². The van der Waals surface area contributed by atoms with E-state index in [1.54, 1.807) is 30.3 Å². The number of fused-ring (bicyclic) bond motifs is 1. The number of carbonyl (C=O) groups excluding carboxylic acids is 2. The Balaban J connectivity index is 1.87.